The van der Waals surface area contributed by atoms with Crippen LogP contribution in [-0.4, -0.2) is 38.8 Å². The molecule has 2 bridgehead atoms. The molecule has 3 rings (SSSR count). The van der Waals surface area contributed by atoms with E-state index in [0.717, 1.165) is 25.5 Å². The molecule has 3 N–H and O–H groups in total. The van der Waals surface area contributed by atoms with E-state index >= 15 is 0 Å². The number of aromatic amines is 1. The van der Waals surface area contributed by atoms with Crippen molar-refractivity contribution in [2.75, 3.05) is 6.61 Å². The Morgan fingerprint density at radius 3 is 3.00 bits per heavy atom. The van der Waals surface area contributed by atoms with Crippen molar-refractivity contribution in [3.05, 3.63) is 22.0 Å². The summed E-state index contributed by atoms with van der Waals surface area (Å²) in [5.41, 5.74) is -0.458. The summed E-state index contributed by atoms with van der Waals surface area (Å²) in [4.78, 5) is 22.3. The number of aromatic nitrogens is 2. The number of nitrogens with one attached hydrogen (secondary N) is 2. The Bertz CT molecular complexity index is 543. The van der Waals surface area contributed by atoms with E-state index in [0.29, 0.717) is 11.8 Å². The largest absolute Gasteiger partial charge is 0.396 e. The predicted molar refractivity (Wildman–Crippen MR) is 67.9 cm³/mol. The fourth-order valence-corrected chi connectivity index (χ4v) is 3.71. The Morgan fingerprint density at radius 2 is 2.30 bits per heavy atom. The number of hydrogen-bond donors (Lipinski definition) is 3. The molecule has 1 aromatic heterocycles. The third kappa shape index (κ3) is 1.96. The van der Waals surface area contributed by atoms with Gasteiger partial charge in [-0.05, 0) is 31.1 Å². The second-order valence-corrected chi connectivity index (χ2v) is 5.57. The highest BCUT2D eigenvalue weighted by Gasteiger charge is 2.48. The first-order valence-corrected chi connectivity index (χ1v) is 6.71. The van der Waals surface area contributed by atoms with Crippen molar-refractivity contribution in [3.8, 4) is 0 Å². The lowest BCUT2D eigenvalue weighted by atomic mass is 9.85. The number of carbonyl (C=O) groups is 1. The number of amides is 1. The summed E-state index contributed by atoms with van der Waals surface area (Å²) < 4.78 is 0. The Morgan fingerprint density at radius 1 is 1.55 bits per heavy atom. The van der Waals surface area contributed by atoms with E-state index in [1.807, 2.05) is 0 Å². The van der Waals surface area contributed by atoms with Crippen LogP contribution in [0.15, 0.2) is 6.20 Å². The molecule has 20 heavy (non-hydrogen) atoms. The Labute approximate surface area is 114 Å². The molecule has 108 valence electrons. The first-order valence-electron chi connectivity index (χ1n) is 6.71. The van der Waals surface area contributed by atoms with Crippen molar-refractivity contribution in [1.82, 2.24) is 15.5 Å². The van der Waals surface area contributed by atoms with Gasteiger partial charge in [-0.1, -0.05) is 0 Å². The van der Waals surface area contributed by atoms with Crippen LogP contribution in [0.25, 0.3) is 0 Å². The van der Waals surface area contributed by atoms with Crippen molar-refractivity contribution in [2.45, 2.75) is 25.3 Å². The monoisotopic (exact) mass is 280 g/mol. The molecule has 0 radical (unpaired) electrons. The maximum absolute atomic E-state index is 12.2. The lowest BCUT2D eigenvalue weighted by Crippen LogP contribution is -2.45. The van der Waals surface area contributed by atoms with Crippen LogP contribution in [0.1, 0.15) is 29.8 Å². The van der Waals surface area contributed by atoms with E-state index in [4.69, 9.17) is 0 Å². The Balaban J connectivity index is 1.76. The zero-order valence-electron chi connectivity index (χ0n) is 10.8. The number of carbonyl (C=O) groups excluding carboxylic acids is 1. The number of nitro groups is 1. The van der Waals surface area contributed by atoms with Crippen LogP contribution in [0.5, 0.6) is 0 Å². The van der Waals surface area contributed by atoms with E-state index < -0.39 is 10.8 Å². The molecular formula is C12H16N4O4. The number of aliphatic hydroxyl groups is 1. The van der Waals surface area contributed by atoms with Gasteiger partial charge in [0.2, 0.25) is 5.69 Å². The minimum absolute atomic E-state index is 0.0389. The van der Waals surface area contributed by atoms with Crippen LogP contribution in [0, 0.1) is 27.9 Å². The molecule has 8 nitrogen and oxygen atoms in total. The SMILES string of the molecule is O=C(NC1C2CCC(C2)C1CO)c1[nH]ncc1[N+](=O)[O-]. The highest BCUT2D eigenvalue weighted by Crippen LogP contribution is 2.48. The van der Waals surface area contributed by atoms with Crippen molar-refractivity contribution in [1.29, 1.82) is 0 Å². The van der Waals surface area contributed by atoms with E-state index in [1.54, 1.807) is 0 Å². The fraction of sp³-hybridized carbons (Fsp3) is 0.667. The summed E-state index contributed by atoms with van der Waals surface area (Å²) in [6.45, 7) is 0.0389. The molecule has 0 spiro atoms. The lowest BCUT2D eigenvalue weighted by Gasteiger charge is -2.30. The highest BCUT2D eigenvalue weighted by atomic mass is 16.6. The summed E-state index contributed by atoms with van der Waals surface area (Å²) >= 11 is 0. The number of rotatable bonds is 4. The van der Waals surface area contributed by atoms with Gasteiger partial charge in [0.25, 0.3) is 5.91 Å². The normalized spacial score (nSPS) is 31.4. The average molecular weight is 280 g/mol. The first-order chi connectivity index (χ1) is 9.61. The molecule has 2 aliphatic rings. The molecule has 4 unspecified atom stereocenters. The van der Waals surface area contributed by atoms with Crippen LogP contribution in [-0.2, 0) is 0 Å². The van der Waals surface area contributed by atoms with Gasteiger partial charge in [-0.3, -0.25) is 20.0 Å². The van der Waals surface area contributed by atoms with Gasteiger partial charge < -0.3 is 10.4 Å². The van der Waals surface area contributed by atoms with Crippen LogP contribution in [0.3, 0.4) is 0 Å². The molecule has 0 saturated heterocycles. The van der Waals surface area contributed by atoms with Gasteiger partial charge in [0, 0.05) is 18.6 Å². The lowest BCUT2D eigenvalue weighted by molar-refractivity contribution is -0.385. The number of nitrogens with zero attached hydrogens (tertiary/aromatic N) is 2. The van der Waals surface area contributed by atoms with E-state index in [-0.39, 0.29) is 29.9 Å². The summed E-state index contributed by atoms with van der Waals surface area (Å²) in [6, 6.07) is -0.103. The van der Waals surface area contributed by atoms with E-state index in [2.05, 4.69) is 15.5 Å². The van der Waals surface area contributed by atoms with Gasteiger partial charge in [-0.25, -0.2) is 0 Å². The molecule has 8 heteroatoms. The van der Waals surface area contributed by atoms with Crippen molar-refractivity contribution in [3.63, 3.8) is 0 Å². The predicted octanol–water partition coefficient (Wildman–Crippen LogP) is 0.455. The highest BCUT2D eigenvalue weighted by molar-refractivity contribution is 5.96. The third-order valence-corrected chi connectivity index (χ3v) is 4.64. The molecule has 1 heterocycles. The van der Waals surface area contributed by atoms with Crippen molar-refractivity contribution in [2.24, 2.45) is 17.8 Å². The Kier molecular flexibility index (Phi) is 3.17. The second-order valence-electron chi connectivity index (χ2n) is 5.57. The second kappa shape index (κ2) is 4.86. The quantitative estimate of drug-likeness (QED) is 0.546. The van der Waals surface area contributed by atoms with Gasteiger partial charge in [0.05, 0.1) is 4.92 Å². The molecule has 0 aromatic carbocycles. The van der Waals surface area contributed by atoms with Crippen LogP contribution in [0.4, 0.5) is 5.69 Å². The van der Waals surface area contributed by atoms with Gasteiger partial charge in [0.1, 0.15) is 6.20 Å². The fourth-order valence-electron chi connectivity index (χ4n) is 3.71. The van der Waals surface area contributed by atoms with E-state index in [1.165, 1.54) is 0 Å². The van der Waals surface area contributed by atoms with Crippen molar-refractivity contribution < 1.29 is 14.8 Å². The van der Waals surface area contributed by atoms with Gasteiger partial charge in [-0.2, -0.15) is 5.10 Å². The standard InChI is InChI=1S/C12H16N4O4/c17-5-8-6-1-2-7(3-6)10(8)14-12(18)11-9(16(19)20)4-13-15-11/h4,6-8,10,17H,1-3,5H2,(H,13,15)(H,14,18). The zero-order valence-corrected chi connectivity index (χ0v) is 10.8. The molecule has 2 aliphatic carbocycles. The van der Waals surface area contributed by atoms with E-state index in [9.17, 15) is 20.0 Å². The summed E-state index contributed by atoms with van der Waals surface area (Å²) in [7, 11) is 0. The molecule has 2 saturated carbocycles. The van der Waals surface area contributed by atoms with Crippen LogP contribution >= 0.6 is 0 Å². The molecular weight excluding hydrogens is 264 g/mol. The maximum atomic E-state index is 12.2. The van der Waals surface area contributed by atoms with Crippen LogP contribution in [0.2, 0.25) is 0 Å². The smallest absolute Gasteiger partial charge is 0.319 e. The minimum Gasteiger partial charge on any atom is -0.396 e. The number of aliphatic hydroxyl groups excluding tert-OH is 1. The number of fused-ring (bicyclic) bond motifs is 2. The number of H-pyrrole nitrogens is 1. The van der Waals surface area contributed by atoms with Gasteiger partial charge in [0.15, 0.2) is 0 Å². The minimum atomic E-state index is -0.636. The summed E-state index contributed by atoms with van der Waals surface area (Å²) in [5.74, 6) is 0.347. The molecule has 2 fully saturated rings. The molecule has 4 atom stereocenters. The molecule has 0 aliphatic heterocycles. The number of hydrogen-bond acceptors (Lipinski definition) is 5. The zero-order chi connectivity index (χ0) is 14.3. The molecule has 1 amide bonds. The Hall–Kier alpha value is -1.96. The topological polar surface area (TPSA) is 121 Å². The third-order valence-electron chi connectivity index (χ3n) is 4.64. The molecule has 1 aromatic rings. The maximum Gasteiger partial charge on any atom is 0.319 e. The van der Waals surface area contributed by atoms with Crippen molar-refractivity contribution >= 4 is 11.6 Å². The van der Waals surface area contributed by atoms with Crippen LogP contribution < -0.4 is 5.32 Å². The summed E-state index contributed by atoms with van der Waals surface area (Å²) in [6.07, 6.45) is 4.17. The van der Waals surface area contributed by atoms with Gasteiger partial charge in [-0.15, -0.1) is 0 Å². The average Bonchev–Trinajstić information content (AvgIpc) is 3.13. The summed E-state index contributed by atoms with van der Waals surface area (Å²) in [5, 5.41) is 29.0. The van der Waals surface area contributed by atoms with Gasteiger partial charge >= 0.3 is 5.69 Å². The first kappa shape index (κ1) is 13.0.